The Bertz CT molecular complexity index is 1610. The zero-order chi connectivity index (χ0) is 26.5. The molecule has 0 aliphatic heterocycles. The number of para-hydroxylation sites is 1. The third-order valence-corrected chi connectivity index (χ3v) is 6.12. The molecule has 186 valence electrons. The number of carbonyl (C=O) groups excluding carboxylic acids is 2. The van der Waals surface area contributed by atoms with Crippen LogP contribution in [0.1, 0.15) is 38.9 Å². The number of ketones is 1. The molecule has 0 spiro atoms. The fourth-order valence-corrected chi connectivity index (χ4v) is 4.19. The topological polar surface area (TPSA) is 96.6 Å². The Morgan fingerprint density at radius 3 is 1.95 bits per heavy atom. The molecule has 5 rings (SSSR count). The molecule has 1 heterocycles. The number of nitrogens with one attached hydrogen (secondary N) is 1. The molecule has 4 aromatic carbocycles. The maximum absolute atomic E-state index is 13.9. The molecule has 0 saturated carbocycles. The Morgan fingerprint density at radius 1 is 0.763 bits per heavy atom. The lowest BCUT2D eigenvalue weighted by molar-refractivity contribution is 0.0993. The number of benzene rings is 4. The average Bonchev–Trinajstić information content (AvgIpc) is 3.39. The van der Waals surface area contributed by atoms with E-state index in [0.29, 0.717) is 28.2 Å². The largest absolute Gasteiger partial charge is 0.411 e. The molecule has 0 bridgehead atoms. The highest BCUT2D eigenvalue weighted by atomic mass is 16.4. The van der Waals surface area contributed by atoms with Crippen molar-refractivity contribution in [3.8, 4) is 16.9 Å². The average molecular weight is 501 g/mol. The maximum atomic E-state index is 13.9. The number of hydrogen-bond donors (Lipinski definition) is 2. The first-order valence-electron chi connectivity index (χ1n) is 12.0. The molecule has 0 atom stereocenters. The quantitative estimate of drug-likeness (QED) is 0.120. The monoisotopic (exact) mass is 500 g/mol. The first-order valence-corrected chi connectivity index (χ1v) is 12.0. The molecule has 0 fully saturated rings. The van der Waals surface area contributed by atoms with Crippen molar-refractivity contribution in [3.63, 3.8) is 0 Å². The van der Waals surface area contributed by atoms with Gasteiger partial charge in [0.05, 0.1) is 22.7 Å². The van der Waals surface area contributed by atoms with Crippen LogP contribution < -0.4 is 5.32 Å². The van der Waals surface area contributed by atoms with Gasteiger partial charge in [-0.15, -0.1) is 0 Å². The van der Waals surface area contributed by atoms with Crippen LogP contribution in [0.3, 0.4) is 0 Å². The number of aromatic nitrogens is 2. The van der Waals surface area contributed by atoms with Gasteiger partial charge in [0.25, 0.3) is 5.91 Å². The van der Waals surface area contributed by atoms with Crippen LogP contribution in [0, 0.1) is 0 Å². The van der Waals surface area contributed by atoms with E-state index in [1.54, 1.807) is 60.1 Å². The SMILES string of the molecule is C/C(=N\O)c1ccc(NC(=O)c2nn(-c3ccccc3)c(-c3ccccc3)c2C(=O)c2ccccc2)cc1. The third kappa shape index (κ3) is 4.85. The van der Waals surface area contributed by atoms with E-state index < -0.39 is 5.91 Å². The number of carbonyl (C=O) groups is 2. The van der Waals surface area contributed by atoms with E-state index in [-0.39, 0.29) is 17.0 Å². The molecule has 5 aromatic rings. The summed E-state index contributed by atoms with van der Waals surface area (Å²) < 4.78 is 1.64. The lowest BCUT2D eigenvalue weighted by atomic mass is 9.97. The van der Waals surface area contributed by atoms with Gasteiger partial charge in [0.15, 0.2) is 11.5 Å². The minimum Gasteiger partial charge on any atom is -0.411 e. The van der Waals surface area contributed by atoms with Crippen LogP contribution >= 0.6 is 0 Å². The Labute approximate surface area is 219 Å². The number of nitrogens with zero attached hydrogens (tertiary/aromatic N) is 3. The highest BCUT2D eigenvalue weighted by Gasteiger charge is 2.30. The number of rotatable bonds is 7. The minimum atomic E-state index is -0.517. The van der Waals surface area contributed by atoms with Crippen molar-refractivity contribution in [2.75, 3.05) is 5.32 Å². The fourth-order valence-electron chi connectivity index (χ4n) is 4.19. The van der Waals surface area contributed by atoms with Crippen molar-refractivity contribution in [1.82, 2.24) is 9.78 Å². The van der Waals surface area contributed by atoms with Gasteiger partial charge >= 0.3 is 0 Å². The van der Waals surface area contributed by atoms with Gasteiger partial charge in [0, 0.05) is 16.8 Å². The van der Waals surface area contributed by atoms with Crippen LogP contribution in [0.4, 0.5) is 5.69 Å². The summed E-state index contributed by atoms with van der Waals surface area (Å²) >= 11 is 0. The Morgan fingerprint density at radius 2 is 1.34 bits per heavy atom. The predicted octanol–water partition coefficient (Wildman–Crippen LogP) is 6.22. The lowest BCUT2D eigenvalue weighted by Crippen LogP contribution is -2.17. The van der Waals surface area contributed by atoms with E-state index in [2.05, 4.69) is 10.5 Å². The zero-order valence-corrected chi connectivity index (χ0v) is 20.6. The highest BCUT2D eigenvalue weighted by Crippen LogP contribution is 2.32. The summed E-state index contributed by atoms with van der Waals surface area (Å²) in [7, 11) is 0. The van der Waals surface area contributed by atoms with Crippen molar-refractivity contribution in [2.45, 2.75) is 6.92 Å². The highest BCUT2D eigenvalue weighted by molar-refractivity contribution is 6.20. The fraction of sp³-hybridized carbons (Fsp3) is 0.0323. The number of anilines is 1. The summed E-state index contributed by atoms with van der Waals surface area (Å²) in [4.78, 5) is 27.6. The van der Waals surface area contributed by atoms with Gasteiger partial charge in [0.2, 0.25) is 0 Å². The summed E-state index contributed by atoms with van der Waals surface area (Å²) in [5.41, 5.74) is 4.36. The normalized spacial score (nSPS) is 11.2. The van der Waals surface area contributed by atoms with Gasteiger partial charge in [-0.25, -0.2) is 4.68 Å². The van der Waals surface area contributed by atoms with Crippen molar-refractivity contribution in [1.29, 1.82) is 0 Å². The molecule has 0 radical (unpaired) electrons. The summed E-state index contributed by atoms with van der Waals surface area (Å²) in [5.74, 6) is -0.821. The van der Waals surface area contributed by atoms with Crippen molar-refractivity contribution >= 4 is 23.1 Å². The second kappa shape index (κ2) is 10.8. The first kappa shape index (κ1) is 24.4. The zero-order valence-electron chi connectivity index (χ0n) is 20.6. The van der Waals surface area contributed by atoms with E-state index in [4.69, 9.17) is 10.3 Å². The first-order chi connectivity index (χ1) is 18.6. The maximum Gasteiger partial charge on any atom is 0.276 e. The van der Waals surface area contributed by atoms with Crippen molar-refractivity contribution < 1.29 is 14.8 Å². The number of amides is 1. The Hall–Kier alpha value is -5.30. The van der Waals surface area contributed by atoms with Gasteiger partial charge in [0.1, 0.15) is 0 Å². The molecule has 1 amide bonds. The predicted molar refractivity (Wildman–Crippen MR) is 147 cm³/mol. The van der Waals surface area contributed by atoms with E-state index in [1.165, 1.54) is 0 Å². The molecule has 0 aliphatic rings. The van der Waals surface area contributed by atoms with Crippen LogP contribution in [-0.4, -0.2) is 32.4 Å². The summed E-state index contributed by atoms with van der Waals surface area (Å²) in [5, 5.41) is 19.8. The van der Waals surface area contributed by atoms with Crippen LogP contribution in [0.15, 0.2) is 120 Å². The molecule has 2 N–H and O–H groups in total. The smallest absolute Gasteiger partial charge is 0.276 e. The molecular formula is C31H24N4O3. The van der Waals surface area contributed by atoms with Crippen molar-refractivity contribution in [2.24, 2.45) is 5.16 Å². The number of hydrogen-bond acceptors (Lipinski definition) is 5. The van der Waals surface area contributed by atoms with Gasteiger partial charge < -0.3 is 10.5 Å². The van der Waals surface area contributed by atoms with Gasteiger partial charge in [-0.05, 0) is 36.8 Å². The van der Waals surface area contributed by atoms with E-state index in [9.17, 15) is 9.59 Å². The molecular weight excluding hydrogens is 476 g/mol. The van der Waals surface area contributed by atoms with Gasteiger partial charge in [-0.3, -0.25) is 9.59 Å². The van der Waals surface area contributed by atoms with E-state index in [0.717, 1.165) is 11.3 Å². The standard InChI is InChI=1S/C31H24N4O3/c1-21(34-38)22-17-19-25(20-18-22)32-31(37)28-27(30(36)24-13-7-3-8-14-24)29(23-11-5-2-6-12-23)35(33-28)26-15-9-4-10-16-26/h2-20,38H,1H3,(H,32,37)/b34-21+. The summed E-state index contributed by atoms with van der Waals surface area (Å²) in [6.07, 6.45) is 0. The Kier molecular flexibility index (Phi) is 6.91. The molecule has 7 nitrogen and oxygen atoms in total. The lowest BCUT2D eigenvalue weighted by Gasteiger charge is -2.10. The van der Waals surface area contributed by atoms with Crippen LogP contribution in [0.25, 0.3) is 16.9 Å². The van der Waals surface area contributed by atoms with E-state index in [1.807, 2.05) is 66.7 Å². The van der Waals surface area contributed by atoms with Crippen LogP contribution in [0.5, 0.6) is 0 Å². The Balaban J connectivity index is 1.67. The van der Waals surface area contributed by atoms with E-state index >= 15 is 0 Å². The molecule has 7 heteroatoms. The summed E-state index contributed by atoms with van der Waals surface area (Å²) in [6, 6.07) is 34.6. The summed E-state index contributed by atoms with van der Waals surface area (Å²) in [6.45, 7) is 1.68. The van der Waals surface area contributed by atoms with Crippen LogP contribution in [-0.2, 0) is 0 Å². The second-order valence-corrected chi connectivity index (χ2v) is 8.60. The van der Waals surface area contributed by atoms with Crippen LogP contribution in [0.2, 0.25) is 0 Å². The molecule has 1 aromatic heterocycles. The molecule has 0 unspecified atom stereocenters. The number of oxime groups is 1. The van der Waals surface area contributed by atoms with Gasteiger partial charge in [-0.2, -0.15) is 5.10 Å². The molecule has 0 aliphatic carbocycles. The van der Waals surface area contributed by atoms with Crippen molar-refractivity contribution in [3.05, 3.63) is 138 Å². The second-order valence-electron chi connectivity index (χ2n) is 8.60. The van der Waals surface area contributed by atoms with Gasteiger partial charge in [-0.1, -0.05) is 96.2 Å². The molecule has 0 saturated heterocycles. The third-order valence-electron chi connectivity index (χ3n) is 6.12. The molecule has 38 heavy (non-hydrogen) atoms. The minimum absolute atomic E-state index is 0.0127.